The van der Waals surface area contributed by atoms with Crippen LogP contribution in [0.3, 0.4) is 0 Å². The summed E-state index contributed by atoms with van der Waals surface area (Å²) in [5.74, 6) is 1.53. The molecule has 0 aliphatic heterocycles. The second-order valence-corrected chi connectivity index (χ2v) is 7.04. The Kier molecular flexibility index (Phi) is 6.48. The van der Waals surface area contributed by atoms with Crippen LogP contribution in [0.1, 0.15) is 42.9 Å². The number of H-pyrrole nitrogens is 1. The summed E-state index contributed by atoms with van der Waals surface area (Å²) in [6, 6.07) is 10.2. The fraction of sp³-hybridized carbons (Fsp3) is 0.550. The van der Waals surface area contributed by atoms with Crippen LogP contribution in [-0.2, 0) is 6.54 Å². The SMILES string of the molecule is CNCCN(C)Cc1c[nH]nc1C1CCC(Oc2ccccc2)CC1. The number of aromatic nitrogens is 2. The third-order valence-corrected chi connectivity index (χ3v) is 5.04. The van der Waals surface area contributed by atoms with E-state index in [1.165, 1.54) is 11.3 Å². The average molecular weight is 342 g/mol. The minimum atomic E-state index is 0.333. The Labute approximate surface area is 150 Å². The van der Waals surface area contributed by atoms with Crippen molar-refractivity contribution < 1.29 is 4.74 Å². The summed E-state index contributed by atoms with van der Waals surface area (Å²) in [6.07, 6.45) is 6.89. The molecule has 0 radical (unpaired) electrons. The molecule has 2 aromatic rings. The largest absolute Gasteiger partial charge is 0.490 e. The average Bonchev–Trinajstić information content (AvgIpc) is 3.09. The van der Waals surface area contributed by atoms with Crippen LogP contribution in [0.4, 0.5) is 0 Å². The van der Waals surface area contributed by atoms with E-state index in [0.717, 1.165) is 51.1 Å². The summed E-state index contributed by atoms with van der Waals surface area (Å²) < 4.78 is 6.12. The van der Waals surface area contributed by atoms with Crippen LogP contribution < -0.4 is 10.1 Å². The Morgan fingerprint density at radius 2 is 1.96 bits per heavy atom. The summed E-state index contributed by atoms with van der Waals surface area (Å²) >= 11 is 0. The third-order valence-electron chi connectivity index (χ3n) is 5.04. The number of nitrogens with zero attached hydrogens (tertiary/aromatic N) is 2. The molecule has 0 bridgehead atoms. The molecule has 1 fully saturated rings. The fourth-order valence-electron chi connectivity index (χ4n) is 3.62. The minimum Gasteiger partial charge on any atom is -0.490 e. The molecular weight excluding hydrogens is 312 g/mol. The Morgan fingerprint density at radius 1 is 1.20 bits per heavy atom. The first-order valence-corrected chi connectivity index (χ1v) is 9.33. The Morgan fingerprint density at radius 3 is 2.68 bits per heavy atom. The van der Waals surface area contributed by atoms with Gasteiger partial charge in [-0.25, -0.2) is 0 Å². The zero-order valence-electron chi connectivity index (χ0n) is 15.4. The number of hydrogen-bond acceptors (Lipinski definition) is 4. The predicted molar refractivity (Wildman–Crippen MR) is 101 cm³/mol. The van der Waals surface area contributed by atoms with Crippen molar-refractivity contribution in [2.75, 3.05) is 27.2 Å². The molecule has 1 aromatic carbocycles. The molecule has 1 aromatic heterocycles. The van der Waals surface area contributed by atoms with Gasteiger partial charge in [0.25, 0.3) is 0 Å². The summed E-state index contributed by atoms with van der Waals surface area (Å²) in [5.41, 5.74) is 2.60. The zero-order chi connectivity index (χ0) is 17.5. The van der Waals surface area contributed by atoms with Crippen LogP contribution in [0.25, 0.3) is 0 Å². The van der Waals surface area contributed by atoms with E-state index >= 15 is 0 Å². The van der Waals surface area contributed by atoms with Crippen molar-refractivity contribution in [1.29, 1.82) is 0 Å². The normalized spacial score (nSPS) is 20.8. The lowest BCUT2D eigenvalue weighted by atomic mass is 9.84. The molecule has 1 saturated carbocycles. The first-order chi connectivity index (χ1) is 12.3. The smallest absolute Gasteiger partial charge is 0.119 e. The van der Waals surface area contributed by atoms with Crippen LogP contribution in [0.2, 0.25) is 0 Å². The predicted octanol–water partition coefficient (Wildman–Crippen LogP) is 3.17. The molecule has 2 N–H and O–H groups in total. The van der Waals surface area contributed by atoms with Gasteiger partial charge >= 0.3 is 0 Å². The summed E-state index contributed by atoms with van der Waals surface area (Å²) in [7, 11) is 4.16. The molecule has 5 nitrogen and oxygen atoms in total. The van der Waals surface area contributed by atoms with E-state index in [9.17, 15) is 0 Å². The van der Waals surface area contributed by atoms with Gasteiger partial charge in [-0.05, 0) is 51.9 Å². The molecule has 0 unspecified atom stereocenters. The zero-order valence-corrected chi connectivity index (χ0v) is 15.4. The maximum Gasteiger partial charge on any atom is 0.119 e. The first-order valence-electron chi connectivity index (χ1n) is 9.33. The Balaban J connectivity index is 1.52. The highest BCUT2D eigenvalue weighted by Gasteiger charge is 2.26. The van der Waals surface area contributed by atoms with Gasteiger partial charge in [0.05, 0.1) is 11.8 Å². The Hall–Kier alpha value is -1.85. The van der Waals surface area contributed by atoms with Gasteiger partial charge in [-0.15, -0.1) is 0 Å². The monoisotopic (exact) mass is 342 g/mol. The van der Waals surface area contributed by atoms with Crippen LogP contribution in [0.5, 0.6) is 5.75 Å². The molecular formula is C20H30N4O. The van der Waals surface area contributed by atoms with Crippen LogP contribution in [0.15, 0.2) is 36.5 Å². The number of nitrogens with one attached hydrogen (secondary N) is 2. The van der Waals surface area contributed by atoms with Crippen LogP contribution in [0, 0.1) is 0 Å². The molecule has 3 rings (SSSR count). The van der Waals surface area contributed by atoms with Crippen molar-refractivity contribution in [1.82, 2.24) is 20.4 Å². The molecule has 0 spiro atoms. The molecule has 1 heterocycles. The number of aromatic amines is 1. The van der Waals surface area contributed by atoms with E-state index < -0.39 is 0 Å². The van der Waals surface area contributed by atoms with E-state index in [4.69, 9.17) is 4.74 Å². The number of hydrogen-bond donors (Lipinski definition) is 2. The van der Waals surface area contributed by atoms with Gasteiger partial charge in [0.1, 0.15) is 5.75 Å². The molecule has 5 heteroatoms. The summed E-state index contributed by atoms with van der Waals surface area (Å²) in [6.45, 7) is 3.00. The number of likely N-dealkylation sites (N-methyl/N-ethyl adjacent to an activating group) is 2. The van der Waals surface area contributed by atoms with Crippen molar-refractivity contribution >= 4 is 0 Å². The van der Waals surface area contributed by atoms with E-state index in [0.29, 0.717) is 12.0 Å². The molecule has 136 valence electrons. The fourth-order valence-corrected chi connectivity index (χ4v) is 3.62. The van der Waals surface area contributed by atoms with Gasteiger partial charge < -0.3 is 15.0 Å². The van der Waals surface area contributed by atoms with E-state index in [2.05, 4.69) is 33.7 Å². The van der Waals surface area contributed by atoms with E-state index in [1.807, 2.05) is 37.4 Å². The standard InChI is InChI=1S/C20H30N4O/c1-21-12-13-24(2)15-17-14-22-23-20(17)16-8-10-19(11-9-16)25-18-6-4-3-5-7-18/h3-7,14,16,19,21H,8-13,15H2,1-2H3,(H,22,23). The molecule has 0 saturated heterocycles. The quantitative estimate of drug-likeness (QED) is 0.774. The van der Waals surface area contributed by atoms with Crippen LogP contribution in [-0.4, -0.2) is 48.4 Å². The highest BCUT2D eigenvalue weighted by atomic mass is 16.5. The van der Waals surface area contributed by atoms with Gasteiger partial charge in [-0.1, -0.05) is 18.2 Å². The van der Waals surface area contributed by atoms with Crippen molar-refractivity contribution in [3.05, 3.63) is 47.8 Å². The number of ether oxygens (including phenoxy) is 1. The van der Waals surface area contributed by atoms with Gasteiger partial charge in [0, 0.05) is 37.3 Å². The molecule has 0 atom stereocenters. The highest BCUT2D eigenvalue weighted by Crippen LogP contribution is 2.35. The van der Waals surface area contributed by atoms with Crippen molar-refractivity contribution in [3.63, 3.8) is 0 Å². The van der Waals surface area contributed by atoms with Crippen molar-refractivity contribution in [2.24, 2.45) is 0 Å². The summed E-state index contributed by atoms with van der Waals surface area (Å²) in [5, 5.41) is 10.9. The molecule has 1 aliphatic carbocycles. The third kappa shape index (κ3) is 5.06. The Bertz CT molecular complexity index is 620. The van der Waals surface area contributed by atoms with Crippen molar-refractivity contribution in [2.45, 2.75) is 44.2 Å². The minimum absolute atomic E-state index is 0.333. The number of rotatable bonds is 8. The van der Waals surface area contributed by atoms with Crippen molar-refractivity contribution in [3.8, 4) is 5.75 Å². The number of benzene rings is 1. The van der Waals surface area contributed by atoms with Gasteiger partial charge in [0.15, 0.2) is 0 Å². The molecule has 25 heavy (non-hydrogen) atoms. The van der Waals surface area contributed by atoms with Gasteiger partial charge in [-0.3, -0.25) is 5.10 Å². The lowest BCUT2D eigenvalue weighted by Crippen LogP contribution is -2.28. The second-order valence-electron chi connectivity index (χ2n) is 7.04. The molecule has 0 amide bonds. The second kappa shape index (κ2) is 9.02. The van der Waals surface area contributed by atoms with Gasteiger partial charge in [0.2, 0.25) is 0 Å². The van der Waals surface area contributed by atoms with E-state index in [1.54, 1.807) is 0 Å². The summed E-state index contributed by atoms with van der Waals surface area (Å²) in [4.78, 5) is 2.34. The lowest BCUT2D eigenvalue weighted by molar-refractivity contribution is 0.145. The van der Waals surface area contributed by atoms with E-state index in [-0.39, 0.29) is 0 Å². The maximum atomic E-state index is 6.12. The van der Waals surface area contributed by atoms with Gasteiger partial charge in [-0.2, -0.15) is 5.10 Å². The first kappa shape index (κ1) is 18.0. The number of para-hydroxylation sites is 1. The lowest BCUT2D eigenvalue weighted by Gasteiger charge is -2.29. The molecule has 1 aliphatic rings. The topological polar surface area (TPSA) is 53.2 Å². The van der Waals surface area contributed by atoms with Crippen LogP contribution >= 0.6 is 0 Å². The highest BCUT2D eigenvalue weighted by molar-refractivity contribution is 5.23. The maximum absolute atomic E-state index is 6.12.